The number of thiazole rings is 2. The monoisotopic (exact) mass is 382 g/mol. The molecule has 0 bridgehead atoms. The largest absolute Gasteiger partial charge is 0.326 e. The molecular weight excluding hydrogens is 368 g/mol. The van der Waals surface area contributed by atoms with E-state index in [2.05, 4.69) is 15.3 Å². The van der Waals surface area contributed by atoms with Crippen molar-refractivity contribution in [2.45, 2.75) is 6.92 Å². The number of hydrogen-bond acceptors (Lipinski definition) is 5. The summed E-state index contributed by atoms with van der Waals surface area (Å²) in [6.45, 7) is 1.47. The van der Waals surface area contributed by atoms with Gasteiger partial charge in [0.05, 0.1) is 25.9 Å². The molecule has 0 radical (unpaired) electrons. The van der Waals surface area contributed by atoms with Gasteiger partial charge in [-0.25, -0.2) is 4.98 Å². The quantitative estimate of drug-likeness (QED) is 0.576. The third-order valence-electron chi connectivity index (χ3n) is 3.91. The van der Waals surface area contributed by atoms with Crippen LogP contribution in [0.1, 0.15) is 17.3 Å². The van der Waals surface area contributed by atoms with Crippen LogP contribution in [0.5, 0.6) is 0 Å². The molecule has 8 heteroatoms. The lowest BCUT2D eigenvalue weighted by atomic mass is 10.2. The third-order valence-corrected chi connectivity index (χ3v) is 5.79. The van der Waals surface area contributed by atoms with Gasteiger partial charge in [0.2, 0.25) is 5.91 Å². The number of benzene rings is 2. The van der Waals surface area contributed by atoms with Crippen LogP contribution in [0.4, 0.5) is 5.69 Å². The van der Waals surface area contributed by atoms with Gasteiger partial charge in [-0.1, -0.05) is 11.3 Å². The predicted octanol–water partition coefficient (Wildman–Crippen LogP) is 3.55. The van der Waals surface area contributed by atoms with Crippen molar-refractivity contribution in [1.82, 2.24) is 9.55 Å². The van der Waals surface area contributed by atoms with Crippen LogP contribution in [0.25, 0.3) is 20.4 Å². The number of nitrogens with one attached hydrogen (secondary N) is 1. The Morgan fingerprint density at radius 2 is 2.00 bits per heavy atom. The average Bonchev–Trinajstić information content (AvgIpc) is 3.18. The zero-order valence-electron chi connectivity index (χ0n) is 14.0. The first kappa shape index (κ1) is 16.6. The van der Waals surface area contributed by atoms with E-state index >= 15 is 0 Å². The van der Waals surface area contributed by atoms with Gasteiger partial charge in [-0.05, 0) is 36.4 Å². The Bertz CT molecular complexity index is 1230. The molecule has 1 N–H and O–H groups in total. The van der Waals surface area contributed by atoms with Gasteiger partial charge in [0.15, 0.2) is 4.80 Å². The van der Waals surface area contributed by atoms with E-state index in [0.29, 0.717) is 10.4 Å². The van der Waals surface area contributed by atoms with Gasteiger partial charge in [-0.3, -0.25) is 9.59 Å². The second kappa shape index (κ2) is 6.47. The molecule has 130 valence electrons. The lowest BCUT2D eigenvalue weighted by molar-refractivity contribution is -0.114. The highest BCUT2D eigenvalue weighted by Crippen LogP contribution is 2.22. The number of amides is 2. The number of aromatic nitrogens is 2. The Morgan fingerprint density at radius 1 is 1.15 bits per heavy atom. The fourth-order valence-corrected chi connectivity index (χ4v) is 4.43. The van der Waals surface area contributed by atoms with Crippen LogP contribution in [0.3, 0.4) is 0 Å². The van der Waals surface area contributed by atoms with Crippen LogP contribution in [-0.4, -0.2) is 21.4 Å². The SMILES string of the molecule is CC(=O)Nc1ccc2c(c1)sc(=NC(=O)c1ccc3ncsc3c1)n2C. The number of nitrogens with zero attached hydrogens (tertiary/aromatic N) is 3. The first-order chi connectivity index (χ1) is 12.5. The topological polar surface area (TPSA) is 76.3 Å². The highest BCUT2D eigenvalue weighted by Gasteiger charge is 2.09. The summed E-state index contributed by atoms with van der Waals surface area (Å²) in [6.07, 6.45) is 0. The van der Waals surface area contributed by atoms with Crippen LogP contribution in [0.15, 0.2) is 46.9 Å². The van der Waals surface area contributed by atoms with Gasteiger partial charge >= 0.3 is 0 Å². The van der Waals surface area contributed by atoms with Crippen molar-refractivity contribution in [2.24, 2.45) is 12.0 Å². The van der Waals surface area contributed by atoms with Crippen molar-refractivity contribution >= 4 is 60.6 Å². The van der Waals surface area contributed by atoms with E-state index in [1.807, 2.05) is 41.9 Å². The van der Waals surface area contributed by atoms with Crippen molar-refractivity contribution in [1.29, 1.82) is 0 Å². The second-order valence-electron chi connectivity index (χ2n) is 5.76. The third kappa shape index (κ3) is 3.04. The summed E-state index contributed by atoms with van der Waals surface area (Å²) >= 11 is 2.90. The number of hydrogen-bond donors (Lipinski definition) is 1. The van der Waals surface area contributed by atoms with Gasteiger partial charge in [0, 0.05) is 25.2 Å². The van der Waals surface area contributed by atoms with Crippen LogP contribution in [0, 0.1) is 0 Å². The first-order valence-electron chi connectivity index (χ1n) is 7.81. The highest BCUT2D eigenvalue weighted by atomic mass is 32.1. The molecule has 0 saturated heterocycles. The molecule has 2 amide bonds. The zero-order valence-corrected chi connectivity index (χ0v) is 15.6. The summed E-state index contributed by atoms with van der Waals surface area (Å²) in [5.41, 5.74) is 4.85. The summed E-state index contributed by atoms with van der Waals surface area (Å²) in [4.78, 5) is 32.9. The molecule has 2 heterocycles. The molecule has 0 aliphatic rings. The molecule has 4 rings (SSSR count). The molecule has 0 unspecified atom stereocenters. The van der Waals surface area contributed by atoms with Gasteiger partial charge < -0.3 is 9.88 Å². The molecule has 0 fully saturated rings. The zero-order chi connectivity index (χ0) is 18.3. The standard InChI is InChI=1S/C18H14N4O2S2/c1-10(23)20-12-4-6-14-16(8-12)26-18(22(14)2)21-17(24)11-3-5-13-15(7-11)25-9-19-13/h3-9H,1-2H3,(H,20,23). The molecule has 0 saturated carbocycles. The maximum Gasteiger partial charge on any atom is 0.279 e. The van der Waals surface area contributed by atoms with Gasteiger partial charge in [0.25, 0.3) is 5.91 Å². The maximum absolute atomic E-state index is 12.6. The summed E-state index contributed by atoms with van der Waals surface area (Å²) < 4.78 is 3.79. The normalized spacial score (nSPS) is 12.0. The summed E-state index contributed by atoms with van der Waals surface area (Å²) in [5, 5.41) is 2.76. The Morgan fingerprint density at radius 3 is 2.81 bits per heavy atom. The smallest absolute Gasteiger partial charge is 0.279 e. The lowest BCUT2D eigenvalue weighted by Gasteiger charge is -2.01. The molecule has 2 aromatic heterocycles. The molecule has 4 aromatic rings. The Balaban J connectivity index is 1.75. The van der Waals surface area contributed by atoms with Crippen LogP contribution >= 0.6 is 22.7 Å². The minimum Gasteiger partial charge on any atom is -0.326 e. The Labute approximate surface area is 156 Å². The first-order valence-corrected chi connectivity index (χ1v) is 9.50. The van der Waals surface area contributed by atoms with Gasteiger partial charge in [-0.2, -0.15) is 4.99 Å². The van der Waals surface area contributed by atoms with Crippen molar-refractivity contribution in [3.05, 3.63) is 52.3 Å². The van der Waals surface area contributed by atoms with E-state index in [4.69, 9.17) is 0 Å². The van der Waals surface area contributed by atoms with Crippen LogP contribution in [0.2, 0.25) is 0 Å². The number of carbonyl (C=O) groups is 2. The summed E-state index contributed by atoms with van der Waals surface area (Å²) in [6, 6.07) is 11.0. The Hall–Kier alpha value is -2.84. The number of fused-ring (bicyclic) bond motifs is 2. The fraction of sp³-hybridized carbons (Fsp3) is 0.111. The number of rotatable bonds is 2. The predicted molar refractivity (Wildman–Crippen MR) is 105 cm³/mol. The molecule has 6 nitrogen and oxygen atoms in total. The second-order valence-corrected chi connectivity index (χ2v) is 7.65. The van der Waals surface area contributed by atoms with Crippen LogP contribution in [-0.2, 0) is 11.8 Å². The maximum atomic E-state index is 12.6. The van der Waals surface area contributed by atoms with Crippen molar-refractivity contribution in [2.75, 3.05) is 5.32 Å². The van der Waals surface area contributed by atoms with E-state index in [-0.39, 0.29) is 11.8 Å². The molecule has 0 atom stereocenters. The average molecular weight is 382 g/mol. The van der Waals surface area contributed by atoms with E-state index in [1.165, 1.54) is 29.6 Å². The minimum atomic E-state index is -0.287. The van der Waals surface area contributed by atoms with Crippen LogP contribution < -0.4 is 10.1 Å². The van der Waals surface area contributed by atoms with E-state index in [1.54, 1.807) is 11.6 Å². The Kier molecular flexibility index (Phi) is 4.14. The van der Waals surface area contributed by atoms with Crippen molar-refractivity contribution in [3.8, 4) is 0 Å². The van der Waals surface area contributed by atoms with Gasteiger partial charge in [-0.15, -0.1) is 11.3 Å². The molecule has 0 aliphatic heterocycles. The lowest BCUT2D eigenvalue weighted by Crippen LogP contribution is -2.13. The summed E-state index contributed by atoms with van der Waals surface area (Å²) in [5.74, 6) is -0.409. The fourth-order valence-electron chi connectivity index (χ4n) is 2.66. The van der Waals surface area contributed by atoms with E-state index in [0.717, 1.165) is 26.1 Å². The van der Waals surface area contributed by atoms with Crippen molar-refractivity contribution < 1.29 is 9.59 Å². The van der Waals surface area contributed by atoms with Crippen molar-refractivity contribution in [3.63, 3.8) is 0 Å². The molecule has 0 aliphatic carbocycles. The molecular formula is C18H14N4O2S2. The molecule has 2 aromatic carbocycles. The number of aryl methyl sites for hydroxylation is 1. The van der Waals surface area contributed by atoms with Gasteiger partial charge in [0.1, 0.15) is 0 Å². The summed E-state index contributed by atoms with van der Waals surface area (Å²) in [7, 11) is 1.87. The number of carbonyl (C=O) groups excluding carboxylic acids is 2. The van der Waals surface area contributed by atoms with E-state index in [9.17, 15) is 9.59 Å². The minimum absolute atomic E-state index is 0.121. The highest BCUT2D eigenvalue weighted by molar-refractivity contribution is 7.17. The van der Waals surface area contributed by atoms with E-state index < -0.39 is 0 Å². The molecule has 26 heavy (non-hydrogen) atoms. The molecule has 0 spiro atoms. The number of anilines is 1.